The maximum atomic E-state index is 11.6. The summed E-state index contributed by atoms with van der Waals surface area (Å²) in [5, 5.41) is 0.538. The lowest BCUT2D eigenvalue weighted by Gasteiger charge is -2.01. The molecule has 0 aliphatic carbocycles. The molecule has 1 aromatic heterocycles. The van der Waals surface area contributed by atoms with Crippen molar-refractivity contribution in [3.8, 4) is 0 Å². The number of nitrogens with zero attached hydrogens (tertiary/aromatic N) is 1. The van der Waals surface area contributed by atoms with Crippen molar-refractivity contribution < 1.29 is 4.79 Å². The highest BCUT2D eigenvalue weighted by Gasteiger charge is 2.07. The van der Waals surface area contributed by atoms with Gasteiger partial charge in [0.2, 0.25) is 0 Å². The smallest absolute Gasteiger partial charge is 0.185 e. The van der Waals surface area contributed by atoms with Crippen molar-refractivity contribution in [2.24, 2.45) is 0 Å². The number of allylic oxidation sites excluding steroid dienone is 1. The summed E-state index contributed by atoms with van der Waals surface area (Å²) in [4.78, 5) is 15.5. The highest BCUT2D eigenvalue weighted by atomic mass is 35.5. The predicted octanol–water partition coefficient (Wildman–Crippen LogP) is 3.27. The molecular formula is C11H12ClNO. The number of carbonyl (C=O) groups is 1. The second-order valence-electron chi connectivity index (χ2n) is 3.07. The number of rotatable bonds is 4. The Labute approximate surface area is 88.6 Å². The van der Waals surface area contributed by atoms with Crippen LogP contribution in [0.15, 0.2) is 30.5 Å². The van der Waals surface area contributed by atoms with Crippen molar-refractivity contribution in [3.63, 3.8) is 0 Å². The average molecular weight is 210 g/mol. The van der Waals surface area contributed by atoms with Crippen LogP contribution in [0.4, 0.5) is 0 Å². The summed E-state index contributed by atoms with van der Waals surface area (Å²) < 4.78 is 0. The minimum atomic E-state index is -0.00600. The molecule has 0 spiro atoms. The van der Waals surface area contributed by atoms with Crippen LogP contribution >= 0.6 is 11.6 Å². The molecule has 0 saturated carbocycles. The fraction of sp³-hybridized carbons (Fsp3) is 0.273. The zero-order chi connectivity index (χ0) is 10.6. The predicted molar refractivity (Wildman–Crippen MR) is 57.6 cm³/mol. The first-order valence-electron chi connectivity index (χ1n) is 4.45. The van der Waals surface area contributed by atoms with Crippen LogP contribution in [0.2, 0.25) is 5.02 Å². The molecule has 2 nitrogen and oxygen atoms in total. The molecule has 0 N–H and O–H groups in total. The van der Waals surface area contributed by atoms with Gasteiger partial charge in [-0.3, -0.25) is 9.78 Å². The highest BCUT2D eigenvalue weighted by Crippen LogP contribution is 2.11. The van der Waals surface area contributed by atoms with Crippen LogP contribution in [0.1, 0.15) is 30.3 Å². The summed E-state index contributed by atoms with van der Waals surface area (Å²) in [6, 6.07) is 3.30. The Morgan fingerprint density at radius 3 is 2.79 bits per heavy atom. The van der Waals surface area contributed by atoms with E-state index in [0.717, 1.165) is 12.0 Å². The van der Waals surface area contributed by atoms with Crippen LogP contribution in [-0.4, -0.2) is 10.8 Å². The van der Waals surface area contributed by atoms with E-state index in [9.17, 15) is 4.79 Å². The first-order valence-corrected chi connectivity index (χ1v) is 4.82. The molecule has 74 valence electrons. The molecule has 0 radical (unpaired) electrons. The van der Waals surface area contributed by atoms with Gasteiger partial charge in [0.1, 0.15) is 5.69 Å². The second-order valence-corrected chi connectivity index (χ2v) is 3.50. The monoisotopic (exact) mass is 209 g/mol. The Bertz CT molecular complexity index is 343. The largest absolute Gasteiger partial charge is 0.292 e. The number of Topliss-reactive ketones (excluding diaryl/α,β-unsaturated/α-hetero) is 1. The van der Waals surface area contributed by atoms with Gasteiger partial charge in [-0.2, -0.15) is 0 Å². The summed E-state index contributed by atoms with van der Waals surface area (Å²) in [6.45, 7) is 5.76. The molecule has 1 heterocycles. The Morgan fingerprint density at radius 1 is 1.57 bits per heavy atom. The lowest BCUT2D eigenvalue weighted by molar-refractivity contribution is 0.0987. The van der Waals surface area contributed by atoms with Crippen LogP contribution in [0.5, 0.6) is 0 Å². The Hall–Kier alpha value is -1.15. The Morgan fingerprint density at radius 2 is 2.29 bits per heavy atom. The molecule has 0 aliphatic rings. The van der Waals surface area contributed by atoms with Gasteiger partial charge >= 0.3 is 0 Å². The summed E-state index contributed by atoms with van der Waals surface area (Å²) >= 11 is 5.66. The van der Waals surface area contributed by atoms with Crippen molar-refractivity contribution in [2.45, 2.75) is 19.8 Å². The number of pyridine rings is 1. The maximum Gasteiger partial charge on any atom is 0.185 e. The van der Waals surface area contributed by atoms with Crippen molar-refractivity contribution >= 4 is 17.4 Å². The van der Waals surface area contributed by atoms with E-state index >= 15 is 0 Å². The van der Waals surface area contributed by atoms with E-state index in [4.69, 9.17) is 11.6 Å². The molecule has 1 aromatic rings. The average Bonchev–Trinajstić information content (AvgIpc) is 2.18. The zero-order valence-corrected chi connectivity index (χ0v) is 8.84. The van der Waals surface area contributed by atoms with Gasteiger partial charge in [-0.1, -0.05) is 30.7 Å². The number of ketones is 1. The number of hydrogen-bond acceptors (Lipinski definition) is 2. The molecule has 0 amide bonds. The first-order chi connectivity index (χ1) is 6.63. The van der Waals surface area contributed by atoms with Gasteiger partial charge in [0.05, 0.1) is 5.02 Å². The van der Waals surface area contributed by atoms with Gasteiger partial charge < -0.3 is 0 Å². The first kappa shape index (κ1) is 10.9. The third-order valence-electron chi connectivity index (χ3n) is 1.92. The summed E-state index contributed by atoms with van der Waals surface area (Å²) in [5.74, 6) is -0.00600. The standard InChI is InChI=1S/C11H12ClNO/c1-3-8(2)6-11(14)10-5-4-9(12)7-13-10/h4-5,7H,2-3,6H2,1H3. The topological polar surface area (TPSA) is 30.0 Å². The van der Waals surface area contributed by atoms with E-state index < -0.39 is 0 Å². The second kappa shape index (κ2) is 4.91. The zero-order valence-electron chi connectivity index (χ0n) is 8.09. The van der Waals surface area contributed by atoms with Crippen LogP contribution in [0, 0.1) is 0 Å². The molecule has 3 heteroatoms. The van der Waals surface area contributed by atoms with Crippen LogP contribution in [-0.2, 0) is 0 Å². The minimum Gasteiger partial charge on any atom is -0.292 e. The quantitative estimate of drug-likeness (QED) is 0.563. The molecule has 0 aromatic carbocycles. The van der Waals surface area contributed by atoms with Gasteiger partial charge in [-0.15, -0.1) is 0 Å². The van der Waals surface area contributed by atoms with Crippen LogP contribution in [0.3, 0.4) is 0 Å². The third-order valence-corrected chi connectivity index (χ3v) is 2.15. The van der Waals surface area contributed by atoms with E-state index in [1.807, 2.05) is 6.92 Å². The fourth-order valence-corrected chi connectivity index (χ4v) is 1.10. The molecule has 0 saturated heterocycles. The van der Waals surface area contributed by atoms with E-state index in [1.54, 1.807) is 12.1 Å². The van der Waals surface area contributed by atoms with Gasteiger partial charge in [-0.25, -0.2) is 0 Å². The normalized spacial score (nSPS) is 9.86. The van der Waals surface area contributed by atoms with Gasteiger partial charge in [0.15, 0.2) is 5.78 Å². The Kier molecular flexibility index (Phi) is 3.84. The van der Waals surface area contributed by atoms with E-state index in [2.05, 4.69) is 11.6 Å². The van der Waals surface area contributed by atoms with E-state index in [-0.39, 0.29) is 5.78 Å². The van der Waals surface area contributed by atoms with Crippen molar-refractivity contribution in [3.05, 3.63) is 41.2 Å². The van der Waals surface area contributed by atoms with Crippen molar-refractivity contribution in [2.75, 3.05) is 0 Å². The molecular weight excluding hydrogens is 198 g/mol. The van der Waals surface area contributed by atoms with Crippen molar-refractivity contribution in [1.82, 2.24) is 4.98 Å². The highest BCUT2D eigenvalue weighted by molar-refractivity contribution is 6.30. The summed E-state index contributed by atoms with van der Waals surface area (Å²) in [7, 11) is 0. The number of aromatic nitrogens is 1. The van der Waals surface area contributed by atoms with Crippen molar-refractivity contribution in [1.29, 1.82) is 0 Å². The molecule has 14 heavy (non-hydrogen) atoms. The number of hydrogen-bond donors (Lipinski definition) is 0. The third kappa shape index (κ3) is 2.96. The molecule has 0 atom stereocenters. The lowest BCUT2D eigenvalue weighted by atomic mass is 10.1. The molecule has 1 rings (SSSR count). The summed E-state index contributed by atoms with van der Waals surface area (Å²) in [5.41, 5.74) is 1.37. The fourth-order valence-electron chi connectivity index (χ4n) is 0.983. The molecule has 0 unspecified atom stereocenters. The molecule has 0 aliphatic heterocycles. The summed E-state index contributed by atoms with van der Waals surface area (Å²) in [6.07, 6.45) is 2.66. The van der Waals surface area contributed by atoms with Gasteiger partial charge in [0.25, 0.3) is 0 Å². The number of carbonyl (C=O) groups excluding carboxylic acids is 1. The lowest BCUT2D eigenvalue weighted by Crippen LogP contribution is -2.02. The minimum absolute atomic E-state index is 0.00600. The SMILES string of the molecule is C=C(CC)CC(=O)c1ccc(Cl)cn1. The van der Waals surface area contributed by atoms with E-state index in [0.29, 0.717) is 17.1 Å². The molecule has 0 bridgehead atoms. The van der Waals surface area contributed by atoms with Crippen LogP contribution < -0.4 is 0 Å². The Balaban J connectivity index is 2.70. The van der Waals surface area contributed by atoms with Gasteiger partial charge in [-0.05, 0) is 18.6 Å². The number of halogens is 1. The molecule has 0 fully saturated rings. The van der Waals surface area contributed by atoms with Crippen LogP contribution in [0.25, 0.3) is 0 Å². The maximum absolute atomic E-state index is 11.6. The van der Waals surface area contributed by atoms with E-state index in [1.165, 1.54) is 6.20 Å². The van der Waals surface area contributed by atoms with Gasteiger partial charge in [0, 0.05) is 12.6 Å².